The van der Waals surface area contributed by atoms with E-state index in [4.69, 9.17) is 9.47 Å². The summed E-state index contributed by atoms with van der Waals surface area (Å²) in [7, 11) is 3.22. The Labute approximate surface area is 194 Å². The molecule has 5 heteroatoms. The molecule has 3 aromatic carbocycles. The molecular weight excluding hydrogens is 412 g/mol. The van der Waals surface area contributed by atoms with Gasteiger partial charge in [0.1, 0.15) is 11.5 Å². The standard InChI is InChI=1S/C28H26N2O3/c1-32-26-17-22(13-14-23(26)24-15-16-29-19-27(24)33-2)30-28(31)18-25(20-9-5-3-6-10-20)21-11-7-4-8-12-21/h3-17,19,25H,18H2,1-2H3,(H,30,31). The molecule has 4 aromatic rings. The number of hydrogen-bond acceptors (Lipinski definition) is 4. The zero-order valence-corrected chi connectivity index (χ0v) is 18.7. The summed E-state index contributed by atoms with van der Waals surface area (Å²) in [4.78, 5) is 17.2. The van der Waals surface area contributed by atoms with Crippen molar-refractivity contribution in [2.75, 3.05) is 19.5 Å². The number of rotatable bonds is 8. The van der Waals surface area contributed by atoms with Crippen LogP contribution in [-0.4, -0.2) is 25.1 Å². The Morgan fingerprint density at radius 2 is 1.42 bits per heavy atom. The van der Waals surface area contributed by atoms with Crippen molar-refractivity contribution in [3.63, 3.8) is 0 Å². The lowest BCUT2D eigenvalue weighted by molar-refractivity contribution is -0.116. The van der Waals surface area contributed by atoms with Crippen LogP contribution in [0.1, 0.15) is 23.5 Å². The molecule has 0 bridgehead atoms. The van der Waals surface area contributed by atoms with Crippen molar-refractivity contribution in [1.82, 2.24) is 4.98 Å². The Kier molecular flexibility index (Phi) is 7.00. The van der Waals surface area contributed by atoms with Crippen LogP contribution in [0.4, 0.5) is 5.69 Å². The van der Waals surface area contributed by atoms with Crippen molar-refractivity contribution >= 4 is 11.6 Å². The fraction of sp³-hybridized carbons (Fsp3) is 0.143. The molecule has 0 radical (unpaired) electrons. The van der Waals surface area contributed by atoms with Crippen molar-refractivity contribution in [2.24, 2.45) is 0 Å². The van der Waals surface area contributed by atoms with Gasteiger partial charge in [0.2, 0.25) is 5.91 Å². The number of nitrogens with zero attached hydrogens (tertiary/aromatic N) is 1. The van der Waals surface area contributed by atoms with Gasteiger partial charge in [-0.05, 0) is 29.3 Å². The second-order valence-electron chi connectivity index (χ2n) is 7.62. The number of ether oxygens (including phenoxy) is 2. The number of aromatic nitrogens is 1. The molecular formula is C28H26N2O3. The van der Waals surface area contributed by atoms with Crippen LogP contribution in [0.5, 0.6) is 11.5 Å². The number of pyridine rings is 1. The van der Waals surface area contributed by atoms with Crippen LogP contribution in [0.2, 0.25) is 0 Å². The molecule has 0 atom stereocenters. The molecule has 0 unspecified atom stereocenters. The quantitative estimate of drug-likeness (QED) is 0.371. The predicted octanol–water partition coefficient (Wildman–Crippen LogP) is 5.93. The van der Waals surface area contributed by atoms with E-state index in [0.29, 0.717) is 23.6 Å². The molecule has 1 amide bonds. The summed E-state index contributed by atoms with van der Waals surface area (Å²) in [6.45, 7) is 0. The van der Waals surface area contributed by atoms with E-state index in [2.05, 4.69) is 34.6 Å². The summed E-state index contributed by atoms with van der Waals surface area (Å²) in [5.41, 5.74) is 4.62. The third kappa shape index (κ3) is 5.21. The molecule has 1 N–H and O–H groups in total. The monoisotopic (exact) mass is 438 g/mol. The van der Waals surface area contributed by atoms with Gasteiger partial charge in [-0.3, -0.25) is 9.78 Å². The Balaban J connectivity index is 1.56. The summed E-state index contributed by atoms with van der Waals surface area (Å²) in [6, 6.07) is 27.7. The first-order valence-electron chi connectivity index (χ1n) is 10.8. The molecule has 33 heavy (non-hydrogen) atoms. The van der Waals surface area contributed by atoms with Crippen LogP contribution >= 0.6 is 0 Å². The Hall–Kier alpha value is -4.12. The Morgan fingerprint density at radius 1 is 0.818 bits per heavy atom. The molecule has 0 saturated heterocycles. The number of hydrogen-bond donors (Lipinski definition) is 1. The van der Waals surface area contributed by atoms with Gasteiger partial charge in [0.15, 0.2) is 0 Å². The third-order valence-electron chi connectivity index (χ3n) is 5.57. The smallest absolute Gasteiger partial charge is 0.225 e. The van der Waals surface area contributed by atoms with Gasteiger partial charge < -0.3 is 14.8 Å². The maximum Gasteiger partial charge on any atom is 0.225 e. The average Bonchev–Trinajstić information content (AvgIpc) is 2.88. The first-order valence-corrected chi connectivity index (χ1v) is 10.8. The number of nitrogens with one attached hydrogen (secondary N) is 1. The lowest BCUT2D eigenvalue weighted by atomic mass is 9.88. The van der Waals surface area contributed by atoms with Crippen molar-refractivity contribution in [1.29, 1.82) is 0 Å². The minimum atomic E-state index is -0.0657. The van der Waals surface area contributed by atoms with E-state index in [1.54, 1.807) is 26.6 Å². The highest BCUT2D eigenvalue weighted by Gasteiger charge is 2.19. The van der Waals surface area contributed by atoms with Crippen molar-refractivity contribution in [3.05, 3.63) is 108 Å². The first kappa shape index (κ1) is 22.1. The van der Waals surface area contributed by atoms with Crippen molar-refractivity contribution in [3.8, 4) is 22.6 Å². The molecule has 0 aliphatic heterocycles. The SMILES string of the molecule is COc1cnccc1-c1ccc(NC(=O)CC(c2ccccc2)c2ccccc2)cc1OC. The van der Waals surface area contributed by atoms with E-state index in [-0.39, 0.29) is 11.8 Å². The molecule has 0 aliphatic rings. The van der Waals surface area contributed by atoms with E-state index in [1.165, 1.54) is 0 Å². The van der Waals surface area contributed by atoms with Gasteiger partial charge in [-0.1, -0.05) is 60.7 Å². The molecule has 0 spiro atoms. The van der Waals surface area contributed by atoms with Crippen molar-refractivity contribution < 1.29 is 14.3 Å². The molecule has 5 nitrogen and oxygen atoms in total. The van der Waals surface area contributed by atoms with Crippen LogP contribution in [0, 0.1) is 0 Å². The van der Waals surface area contributed by atoms with E-state index < -0.39 is 0 Å². The van der Waals surface area contributed by atoms with E-state index in [9.17, 15) is 4.79 Å². The highest BCUT2D eigenvalue weighted by Crippen LogP contribution is 2.37. The van der Waals surface area contributed by atoms with Crippen LogP contribution in [0.3, 0.4) is 0 Å². The number of methoxy groups -OCH3 is 2. The maximum atomic E-state index is 13.0. The van der Waals surface area contributed by atoms with Gasteiger partial charge in [0.25, 0.3) is 0 Å². The number of anilines is 1. The molecule has 1 heterocycles. The van der Waals surface area contributed by atoms with Gasteiger partial charge in [0, 0.05) is 41.4 Å². The van der Waals surface area contributed by atoms with Gasteiger partial charge in [-0.25, -0.2) is 0 Å². The number of carbonyl (C=O) groups excluding carboxylic acids is 1. The summed E-state index contributed by atoms with van der Waals surface area (Å²) >= 11 is 0. The van der Waals surface area contributed by atoms with Crippen LogP contribution < -0.4 is 14.8 Å². The second kappa shape index (κ2) is 10.5. The molecule has 0 fully saturated rings. The highest BCUT2D eigenvalue weighted by molar-refractivity contribution is 5.92. The largest absolute Gasteiger partial charge is 0.496 e. The minimum Gasteiger partial charge on any atom is -0.496 e. The second-order valence-corrected chi connectivity index (χ2v) is 7.62. The van der Waals surface area contributed by atoms with Gasteiger partial charge >= 0.3 is 0 Å². The third-order valence-corrected chi connectivity index (χ3v) is 5.57. The molecule has 0 saturated carbocycles. The van der Waals surface area contributed by atoms with E-state index >= 15 is 0 Å². The number of amides is 1. The Bertz CT molecular complexity index is 1170. The Morgan fingerprint density at radius 3 is 2.03 bits per heavy atom. The van der Waals surface area contributed by atoms with Gasteiger partial charge in [0.05, 0.1) is 20.4 Å². The summed E-state index contributed by atoms with van der Waals surface area (Å²) < 4.78 is 11.0. The van der Waals surface area contributed by atoms with Gasteiger partial charge in [-0.2, -0.15) is 0 Å². The number of carbonyl (C=O) groups is 1. The average molecular weight is 439 g/mol. The van der Waals surface area contributed by atoms with Crippen LogP contribution in [-0.2, 0) is 4.79 Å². The maximum absolute atomic E-state index is 13.0. The summed E-state index contributed by atoms with van der Waals surface area (Å²) in [5, 5.41) is 3.03. The molecule has 4 rings (SSSR count). The fourth-order valence-corrected chi connectivity index (χ4v) is 3.95. The predicted molar refractivity (Wildman–Crippen MR) is 131 cm³/mol. The molecule has 166 valence electrons. The summed E-state index contributed by atoms with van der Waals surface area (Å²) in [5.74, 6) is 1.19. The van der Waals surface area contributed by atoms with E-state index in [0.717, 1.165) is 22.3 Å². The van der Waals surface area contributed by atoms with Crippen LogP contribution in [0.25, 0.3) is 11.1 Å². The fourth-order valence-electron chi connectivity index (χ4n) is 3.95. The van der Waals surface area contributed by atoms with Gasteiger partial charge in [-0.15, -0.1) is 0 Å². The lowest BCUT2D eigenvalue weighted by Crippen LogP contribution is -2.16. The normalized spacial score (nSPS) is 10.6. The zero-order chi connectivity index (χ0) is 23.0. The number of benzene rings is 3. The first-order chi connectivity index (χ1) is 16.2. The molecule has 0 aliphatic carbocycles. The summed E-state index contributed by atoms with van der Waals surface area (Å²) in [6.07, 6.45) is 3.70. The van der Waals surface area contributed by atoms with E-state index in [1.807, 2.05) is 60.7 Å². The highest BCUT2D eigenvalue weighted by atomic mass is 16.5. The van der Waals surface area contributed by atoms with Crippen LogP contribution in [0.15, 0.2) is 97.3 Å². The minimum absolute atomic E-state index is 0.0327. The molecule has 1 aromatic heterocycles. The van der Waals surface area contributed by atoms with Crippen molar-refractivity contribution in [2.45, 2.75) is 12.3 Å². The topological polar surface area (TPSA) is 60.5 Å². The lowest BCUT2D eigenvalue weighted by Gasteiger charge is -2.18. The zero-order valence-electron chi connectivity index (χ0n) is 18.7.